The van der Waals surface area contributed by atoms with Crippen molar-refractivity contribution in [3.05, 3.63) is 46.8 Å². The summed E-state index contributed by atoms with van der Waals surface area (Å²) in [6.45, 7) is 2.98. The third-order valence-corrected chi connectivity index (χ3v) is 3.59. The highest BCUT2D eigenvalue weighted by Gasteiger charge is 2.39. The van der Waals surface area contributed by atoms with Gasteiger partial charge in [0, 0.05) is 0 Å². The summed E-state index contributed by atoms with van der Waals surface area (Å²) in [5.41, 5.74) is 3.33. The van der Waals surface area contributed by atoms with Crippen LogP contribution in [-0.4, -0.2) is 9.78 Å². The van der Waals surface area contributed by atoms with Gasteiger partial charge in [-0.3, -0.25) is 4.68 Å². The van der Waals surface area contributed by atoms with Crippen LogP contribution in [0.4, 0.5) is 32.0 Å². The molecule has 24 heavy (non-hydrogen) atoms. The van der Waals surface area contributed by atoms with Gasteiger partial charge < -0.3 is 5.73 Å². The first-order valence-corrected chi connectivity index (χ1v) is 6.51. The number of hydrogen-bond acceptors (Lipinski definition) is 2. The second-order valence-electron chi connectivity index (χ2n) is 5.10. The predicted molar refractivity (Wildman–Crippen MR) is 78.9 cm³/mol. The number of hydrogen-bond donors (Lipinski definition) is 1. The van der Waals surface area contributed by atoms with E-state index in [1.807, 2.05) is 0 Å². The van der Waals surface area contributed by atoms with Crippen LogP contribution in [0.3, 0.4) is 0 Å². The topological polar surface area (TPSA) is 43.8 Å². The van der Waals surface area contributed by atoms with Gasteiger partial charge in [0.2, 0.25) is 0 Å². The van der Waals surface area contributed by atoms with Gasteiger partial charge in [-0.15, -0.1) is 12.4 Å². The summed E-state index contributed by atoms with van der Waals surface area (Å²) in [5, 5.41) is 3.89. The fourth-order valence-electron chi connectivity index (χ4n) is 2.30. The normalized spacial score (nSPS) is 13.5. The number of alkyl halides is 6. The molecule has 2 N–H and O–H groups in total. The predicted octanol–water partition coefficient (Wildman–Crippen LogP) is 4.84. The second kappa shape index (κ2) is 6.54. The highest BCUT2D eigenvalue weighted by Crippen LogP contribution is 2.40. The molecule has 3 nitrogen and oxygen atoms in total. The zero-order valence-corrected chi connectivity index (χ0v) is 13.4. The Kier molecular flexibility index (Phi) is 5.49. The molecule has 10 heteroatoms. The molecule has 134 valence electrons. The summed E-state index contributed by atoms with van der Waals surface area (Å²) < 4.78 is 78.8. The van der Waals surface area contributed by atoms with Crippen LogP contribution in [-0.2, 0) is 12.4 Å². The molecule has 0 radical (unpaired) electrons. The third-order valence-electron chi connectivity index (χ3n) is 3.59. The smallest absolute Gasteiger partial charge is 0.396 e. The van der Waals surface area contributed by atoms with Crippen molar-refractivity contribution >= 4 is 18.1 Å². The summed E-state index contributed by atoms with van der Waals surface area (Å²) in [5.74, 6) is 0. The summed E-state index contributed by atoms with van der Waals surface area (Å²) in [6.07, 6.45) is -8.49. The van der Waals surface area contributed by atoms with E-state index in [-0.39, 0.29) is 29.7 Å². The number of benzene rings is 1. The number of halogens is 7. The van der Waals surface area contributed by atoms with E-state index in [2.05, 4.69) is 5.10 Å². The molecule has 0 fully saturated rings. The van der Waals surface area contributed by atoms with Gasteiger partial charge in [-0.25, -0.2) is 0 Å². The Morgan fingerprint density at radius 1 is 1.08 bits per heavy atom. The minimum atomic E-state index is -4.92. The van der Waals surface area contributed by atoms with Crippen LogP contribution in [0.25, 0.3) is 0 Å². The fraction of sp³-hybridized carbons (Fsp3) is 0.357. The Morgan fingerprint density at radius 3 is 2.08 bits per heavy atom. The zero-order valence-electron chi connectivity index (χ0n) is 12.5. The molecule has 1 heterocycles. The SMILES string of the molecule is Cc1c(N)cnn1C(C)c1ccc(C(F)(F)F)cc1C(F)(F)F.Cl. The van der Waals surface area contributed by atoms with E-state index in [0.717, 1.165) is 6.07 Å². The second-order valence-corrected chi connectivity index (χ2v) is 5.10. The number of nitrogens with two attached hydrogens (primary N) is 1. The summed E-state index contributed by atoms with van der Waals surface area (Å²) >= 11 is 0. The van der Waals surface area contributed by atoms with Crippen molar-refractivity contribution in [2.24, 2.45) is 0 Å². The van der Waals surface area contributed by atoms with Gasteiger partial charge >= 0.3 is 12.4 Å². The van der Waals surface area contributed by atoms with E-state index in [4.69, 9.17) is 5.73 Å². The first-order valence-electron chi connectivity index (χ1n) is 6.51. The molecule has 1 aromatic heterocycles. The Labute approximate surface area is 139 Å². The van der Waals surface area contributed by atoms with Crippen LogP contribution in [0.5, 0.6) is 0 Å². The number of nitrogen functional groups attached to an aromatic ring is 1. The van der Waals surface area contributed by atoms with Gasteiger partial charge in [0.25, 0.3) is 0 Å². The summed E-state index contributed by atoms with van der Waals surface area (Å²) in [6, 6.07) is 0.650. The first kappa shape index (κ1) is 20.1. The highest BCUT2D eigenvalue weighted by atomic mass is 35.5. The lowest BCUT2D eigenvalue weighted by atomic mass is 9.98. The molecule has 2 aromatic rings. The lowest BCUT2D eigenvalue weighted by Crippen LogP contribution is -2.18. The van der Waals surface area contributed by atoms with Crippen LogP contribution >= 0.6 is 12.4 Å². The number of anilines is 1. The van der Waals surface area contributed by atoms with E-state index in [0.29, 0.717) is 11.8 Å². The van der Waals surface area contributed by atoms with Crippen molar-refractivity contribution in [1.82, 2.24) is 9.78 Å². The van der Waals surface area contributed by atoms with Crippen molar-refractivity contribution in [3.63, 3.8) is 0 Å². The van der Waals surface area contributed by atoms with Crippen molar-refractivity contribution < 1.29 is 26.3 Å². The first-order chi connectivity index (χ1) is 10.4. The number of aromatic nitrogens is 2. The lowest BCUT2D eigenvalue weighted by molar-refractivity contribution is -0.143. The molecule has 1 aromatic carbocycles. The lowest BCUT2D eigenvalue weighted by Gasteiger charge is -2.21. The molecule has 0 aliphatic heterocycles. The quantitative estimate of drug-likeness (QED) is 0.765. The molecule has 1 atom stereocenters. The fourth-order valence-corrected chi connectivity index (χ4v) is 2.30. The minimum absolute atomic E-state index is 0. The average molecular weight is 374 g/mol. The Hall–Kier alpha value is -1.90. The highest BCUT2D eigenvalue weighted by molar-refractivity contribution is 5.85. The van der Waals surface area contributed by atoms with Crippen molar-refractivity contribution in [2.45, 2.75) is 32.2 Å². The van der Waals surface area contributed by atoms with E-state index < -0.39 is 29.5 Å². The maximum absolute atomic E-state index is 13.2. The van der Waals surface area contributed by atoms with Crippen LogP contribution in [0.15, 0.2) is 24.4 Å². The molecule has 0 amide bonds. The van der Waals surface area contributed by atoms with Crippen LogP contribution in [0, 0.1) is 6.92 Å². The minimum Gasteiger partial charge on any atom is -0.396 e. The number of nitrogens with zero attached hydrogens (tertiary/aromatic N) is 2. The molecule has 0 saturated heterocycles. The summed E-state index contributed by atoms with van der Waals surface area (Å²) in [7, 11) is 0. The molecular weight excluding hydrogens is 360 g/mol. The van der Waals surface area contributed by atoms with Crippen LogP contribution in [0.2, 0.25) is 0 Å². The maximum atomic E-state index is 13.2. The molecular formula is C14H14ClF6N3. The molecule has 0 bridgehead atoms. The Balaban J connectivity index is 0.00000288. The molecule has 0 aliphatic carbocycles. The Bertz CT molecular complexity index is 720. The van der Waals surface area contributed by atoms with Crippen LogP contribution < -0.4 is 5.73 Å². The number of rotatable bonds is 2. The maximum Gasteiger partial charge on any atom is 0.416 e. The zero-order chi connectivity index (χ0) is 17.6. The molecule has 2 rings (SSSR count). The van der Waals surface area contributed by atoms with Gasteiger partial charge in [0.15, 0.2) is 0 Å². The molecule has 0 aliphatic rings. The largest absolute Gasteiger partial charge is 0.416 e. The van der Waals surface area contributed by atoms with E-state index >= 15 is 0 Å². The van der Waals surface area contributed by atoms with Crippen molar-refractivity contribution in [1.29, 1.82) is 0 Å². The van der Waals surface area contributed by atoms with Gasteiger partial charge in [0.05, 0.1) is 34.7 Å². The standard InChI is InChI=1S/C14H13F6N3.ClH/c1-7(23-8(2)12(21)6-22-23)10-4-3-9(13(15,16)17)5-11(10)14(18,19)20;/h3-7H,21H2,1-2H3;1H. The average Bonchev–Trinajstić information content (AvgIpc) is 2.75. The van der Waals surface area contributed by atoms with Gasteiger partial charge in [-0.2, -0.15) is 31.4 Å². The van der Waals surface area contributed by atoms with Gasteiger partial charge in [-0.05, 0) is 31.5 Å². The molecule has 1 unspecified atom stereocenters. The summed E-state index contributed by atoms with van der Waals surface area (Å²) in [4.78, 5) is 0. The Morgan fingerprint density at radius 2 is 1.67 bits per heavy atom. The third kappa shape index (κ3) is 3.77. The monoisotopic (exact) mass is 373 g/mol. The molecule has 0 saturated carbocycles. The molecule has 0 spiro atoms. The van der Waals surface area contributed by atoms with Crippen molar-refractivity contribution in [3.8, 4) is 0 Å². The van der Waals surface area contributed by atoms with Gasteiger partial charge in [-0.1, -0.05) is 6.07 Å². The van der Waals surface area contributed by atoms with Gasteiger partial charge in [0.1, 0.15) is 0 Å². The van der Waals surface area contributed by atoms with E-state index in [9.17, 15) is 26.3 Å². The van der Waals surface area contributed by atoms with E-state index in [1.165, 1.54) is 17.8 Å². The van der Waals surface area contributed by atoms with Crippen LogP contribution in [0.1, 0.15) is 35.3 Å². The van der Waals surface area contributed by atoms with Crippen molar-refractivity contribution in [2.75, 3.05) is 5.73 Å². The van der Waals surface area contributed by atoms with E-state index in [1.54, 1.807) is 6.92 Å².